The van der Waals surface area contributed by atoms with Crippen LogP contribution in [0.4, 0.5) is 0 Å². The molecule has 0 saturated carbocycles. The molecule has 2 aromatic rings. The van der Waals surface area contributed by atoms with E-state index in [1.165, 1.54) is 6.42 Å². The van der Waals surface area contributed by atoms with E-state index in [1.54, 1.807) is 6.07 Å². The first kappa shape index (κ1) is 27.1. The second kappa shape index (κ2) is 14.9. The van der Waals surface area contributed by atoms with Crippen LogP contribution in [0.3, 0.4) is 0 Å². The van der Waals surface area contributed by atoms with Gasteiger partial charge in [0.15, 0.2) is 5.52 Å². The molecule has 0 aliphatic carbocycles. The second-order valence-corrected chi connectivity index (χ2v) is 8.80. The monoisotopic (exact) mass is 442 g/mol. The molecule has 0 spiro atoms. The molecule has 1 atom stereocenters. The molecule has 6 heteroatoms. The summed E-state index contributed by atoms with van der Waals surface area (Å²) in [7, 11) is -0.0457. The van der Waals surface area contributed by atoms with E-state index in [9.17, 15) is 4.79 Å². The third kappa shape index (κ3) is 8.64. The van der Waals surface area contributed by atoms with E-state index in [2.05, 4.69) is 13.8 Å². The second-order valence-electron chi connectivity index (χ2n) is 7.15. The molecule has 160 valence electrons. The Hall–Kier alpha value is -0.973. The van der Waals surface area contributed by atoms with Crippen molar-refractivity contribution in [1.82, 2.24) is 0 Å². The number of carbonyl (C=O) groups excluding carboxylic acids is 1. The summed E-state index contributed by atoms with van der Waals surface area (Å²) >= 11 is 6.29. The van der Waals surface area contributed by atoms with Crippen LogP contribution in [0.2, 0.25) is 5.02 Å². The number of benzene rings is 2. The van der Waals surface area contributed by atoms with Gasteiger partial charge in [-0.2, -0.15) is 0 Å². The van der Waals surface area contributed by atoms with Gasteiger partial charge < -0.3 is 9.47 Å². The molecule has 2 rings (SSSR count). The SMILES string of the molecule is CCCCCOc1ccc(PC(=O)c2c(C)cccc2Cl)c(OCCCCC)c1.[LiH]. The van der Waals surface area contributed by atoms with E-state index in [1.807, 2.05) is 37.3 Å². The van der Waals surface area contributed by atoms with E-state index < -0.39 is 0 Å². The van der Waals surface area contributed by atoms with Crippen LogP contribution in [0.25, 0.3) is 0 Å². The average Bonchev–Trinajstić information content (AvgIpc) is 2.70. The maximum atomic E-state index is 13.0. The normalized spacial score (nSPS) is 10.8. The third-order valence-electron chi connectivity index (χ3n) is 4.67. The van der Waals surface area contributed by atoms with Crippen LogP contribution >= 0.6 is 20.2 Å². The van der Waals surface area contributed by atoms with E-state index in [0.29, 0.717) is 23.8 Å². The molecule has 0 saturated heterocycles. The Bertz CT molecular complexity index is 778. The third-order valence-corrected chi connectivity index (χ3v) is 6.15. The van der Waals surface area contributed by atoms with Crippen molar-refractivity contribution in [2.45, 2.75) is 59.3 Å². The average molecular weight is 443 g/mol. The van der Waals surface area contributed by atoms with Gasteiger partial charge in [-0.1, -0.05) is 63.3 Å². The maximum absolute atomic E-state index is 13.0. The predicted molar refractivity (Wildman–Crippen MR) is 132 cm³/mol. The number of hydrogen-bond donors (Lipinski definition) is 0. The molecule has 0 radical (unpaired) electrons. The number of hydrogen-bond acceptors (Lipinski definition) is 3. The zero-order chi connectivity index (χ0) is 21.1. The van der Waals surface area contributed by atoms with Crippen molar-refractivity contribution in [2.24, 2.45) is 0 Å². The molecule has 0 amide bonds. The molecule has 0 aliphatic rings. The standard InChI is InChI=1S/C24H32ClO3P.Li.H/c1-4-6-8-15-27-19-13-14-22(21(17-19)28-16-9-7-5-2)29-24(26)23-18(3)11-10-12-20(23)25;;/h10-14,17,29H,4-9,15-16H2,1-3H3;;. The predicted octanol–water partition coefficient (Wildman–Crippen LogP) is 6.28. The van der Waals surface area contributed by atoms with E-state index in [-0.39, 0.29) is 33.0 Å². The molecule has 30 heavy (non-hydrogen) atoms. The Morgan fingerprint density at radius 1 is 0.967 bits per heavy atom. The molecular weight excluding hydrogens is 410 g/mol. The van der Waals surface area contributed by atoms with Crippen LogP contribution in [-0.4, -0.2) is 37.6 Å². The molecule has 0 aromatic heterocycles. The van der Waals surface area contributed by atoms with E-state index in [4.69, 9.17) is 21.1 Å². The fourth-order valence-corrected chi connectivity index (χ4v) is 4.52. The molecule has 0 fully saturated rings. The molecule has 0 bridgehead atoms. The fourth-order valence-electron chi connectivity index (χ4n) is 3.00. The Kier molecular flexibility index (Phi) is 13.5. The summed E-state index contributed by atoms with van der Waals surface area (Å²) in [5, 5.41) is 1.40. The number of rotatable bonds is 13. The topological polar surface area (TPSA) is 35.5 Å². The fraction of sp³-hybridized carbons (Fsp3) is 0.458. The first-order chi connectivity index (χ1) is 14.1. The van der Waals surface area contributed by atoms with Gasteiger partial charge in [0.05, 0.1) is 18.2 Å². The molecule has 0 aliphatic heterocycles. The summed E-state index contributed by atoms with van der Waals surface area (Å²) in [4.78, 5) is 13.0. The van der Waals surface area contributed by atoms with Crippen molar-refractivity contribution < 1.29 is 14.3 Å². The Morgan fingerprint density at radius 3 is 2.27 bits per heavy atom. The Labute approximate surface area is 200 Å². The van der Waals surface area contributed by atoms with E-state index in [0.717, 1.165) is 54.5 Å². The van der Waals surface area contributed by atoms with Gasteiger partial charge in [0, 0.05) is 16.9 Å². The Morgan fingerprint density at radius 2 is 1.63 bits per heavy atom. The van der Waals surface area contributed by atoms with Gasteiger partial charge in [-0.05, 0) is 52.1 Å². The summed E-state index contributed by atoms with van der Waals surface area (Å²) in [5.74, 6) is 1.53. The van der Waals surface area contributed by atoms with Crippen LogP contribution < -0.4 is 14.8 Å². The zero-order valence-electron chi connectivity index (χ0n) is 17.7. The summed E-state index contributed by atoms with van der Waals surface area (Å²) in [6.45, 7) is 7.60. The number of carbonyl (C=O) groups is 1. The van der Waals surface area contributed by atoms with Gasteiger partial charge in [0.25, 0.3) is 0 Å². The van der Waals surface area contributed by atoms with Crippen molar-refractivity contribution in [3.05, 3.63) is 52.5 Å². The first-order valence-corrected chi connectivity index (χ1v) is 11.9. The van der Waals surface area contributed by atoms with Crippen molar-refractivity contribution in [1.29, 1.82) is 0 Å². The first-order valence-electron chi connectivity index (χ1n) is 10.5. The molecule has 1 unspecified atom stereocenters. The van der Waals surface area contributed by atoms with E-state index >= 15 is 0 Å². The molecular formula is C24H33ClLiO3P. The molecule has 2 aromatic carbocycles. The van der Waals surface area contributed by atoms with Crippen LogP contribution in [0.1, 0.15) is 68.3 Å². The summed E-state index contributed by atoms with van der Waals surface area (Å²) in [6.07, 6.45) is 6.63. The van der Waals surface area contributed by atoms with Gasteiger partial charge in [-0.15, -0.1) is 0 Å². The van der Waals surface area contributed by atoms with Crippen molar-refractivity contribution >= 4 is 49.9 Å². The zero-order valence-corrected chi connectivity index (χ0v) is 19.5. The van der Waals surface area contributed by atoms with Gasteiger partial charge in [-0.25, -0.2) is 0 Å². The quantitative estimate of drug-likeness (QED) is 0.208. The number of halogens is 1. The van der Waals surface area contributed by atoms with Crippen LogP contribution in [0.5, 0.6) is 11.5 Å². The molecule has 0 heterocycles. The minimum atomic E-state index is -0.0457. The van der Waals surface area contributed by atoms with Crippen molar-refractivity contribution in [2.75, 3.05) is 13.2 Å². The van der Waals surface area contributed by atoms with Gasteiger partial charge in [0.2, 0.25) is 0 Å². The van der Waals surface area contributed by atoms with Crippen LogP contribution in [0, 0.1) is 6.92 Å². The number of aryl methyl sites for hydroxylation is 1. The number of ether oxygens (including phenoxy) is 2. The summed E-state index contributed by atoms with van der Waals surface area (Å²) in [6, 6.07) is 11.4. The Balaban J connectivity index is 0.00000450. The summed E-state index contributed by atoms with van der Waals surface area (Å²) < 4.78 is 11.9. The minimum absolute atomic E-state index is 0. The van der Waals surface area contributed by atoms with Crippen molar-refractivity contribution in [3.63, 3.8) is 0 Å². The van der Waals surface area contributed by atoms with Crippen molar-refractivity contribution in [3.8, 4) is 11.5 Å². The van der Waals surface area contributed by atoms with Gasteiger partial charge in [0.1, 0.15) is 11.5 Å². The summed E-state index contributed by atoms with van der Waals surface area (Å²) in [5.41, 5.74) is 1.53. The molecule has 3 nitrogen and oxygen atoms in total. The molecule has 0 N–H and O–H groups in total. The van der Waals surface area contributed by atoms with Gasteiger partial charge in [-0.3, -0.25) is 4.79 Å². The van der Waals surface area contributed by atoms with Gasteiger partial charge >= 0.3 is 18.9 Å². The van der Waals surface area contributed by atoms with Crippen LogP contribution in [0.15, 0.2) is 36.4 Å². The van der Waals surface area contributed by atoms with Crippen LogP contribution in [-0.2, 0) is 0 Å². The number of unbranched alkanes of at least 4 members (excludes halogenated alkanes) is 4.